The number of carbonyl (C=O) groups excluding carboxylic acids is 1. The number of benzene rings is 1. The monoisotopic (exact) mass is 296 g/mol. The van der Waals surface area contributed by atoms with E-state index in [0.29, 0.717) is 12.3 Å². The number of non-ortho nitro benzene ring substituents is 1. The number of nitro benzene ring substituents is 1. The van der Waals surface area contributed by atoms with Gasteiger partial charge in [-0.3, -0.25) is 14.9 Å². The molecule has 21 heavy (non-hydrogen) atoms. The van der Waals surface area contributed by atoms with Crippen molar-refractivity contribution in [2.45, 2.75) is 26.2 Å². The minimum absolute atomic E-state index is 0.0942. The van der Waals surface area contributed by atoms with Crippen LogP contribution >= 0.6 is 0 Å². The number of hydrogen-bond donors (Lipinski definition) is 1. The van der Waals surface area contributed by atoms with Crippen molar-refractivity contribution < 1.29 is 19.2 Å². The Balaban J connectivity index is 2.51. The maximum Gasteiger partial charge on any atom is 0.273 e. The first-order valence-electron chi connectivity index (χ1n) is 6.80. The van der Waals surface area contributed by atoms with E-state index in [1.807, 2.05) is 0 Å². The van der Waals surface area contributed by atoms with E-state index >= 15 is 0 Å². The zero-order valence-corrected chi connectivity index (χ0v) is 12.3. The Labute approximate surface area is 123 Å². The van der Waals surface area contributed by atoms with Crippen LogP contribution in [-0.2, 0) is 4.79 Å². The van der Waals surface area contributed by atoms with Crippen LogP contribution in [0.5, 0.6) is 11.5 Å². The molecule has 116 valence electrons. The van der Waals surface area contributed by atoms with Gasteiger partial charge in [-0.05, 0) is 12.5 Å². The number of rotatable bonds is 9. The number of amides is 1. The molecule has 7 nitrogen and oxygen atoms in total. The Morgan fingerprint density at radius 2 is 2.10 bits per heavy atom. The number of nitrogens with one attached hydrogen (secondary N) is 1. The van der Waals surface area contributed by atoms with Crippen molar-refractivity contribution >= 4 is 11.6 Å². The quantitative estimate of drug-likeness (QED) is 0.429. The largest absolute Gasteiger partial charge is 0.493 e. The van der Waals surface area contributed by atoms with E-state index in [2.05, 4.69) is 12.2 Å². The fourth-order valence-electron chi connectivity index (χ4n) is 1.69. The summed E-state index contributed by atoms with van der Waals surface area (Å²) in [5.74, 6) is 0.293. The van der Waals surface area contributed by atoms with E-state index < -0.39 is 4.92 Å². The normalized spacial score (nSPS) is 10.0. The maximum absolute atomic E-state index is 11.6. The molecule has 0 aliphatic carbocycles. The van der Waals surface area contributed by atoms with Crippen molar-refractivity contribution in [3.63, 3.8) is 0 Å². The molecule has 0 heterocycles. The van der Waals surface area contributed by atoms with Crippen molar-refractivity contribution in [3.8, 4) is 11.5 Å². The molecule has 0 aliphatic heterocycles. The summed E-state index contributed by atoms with van der Waals surface area (Å²) in [7, 11) is 1.39. The fourth-order valence-corrected chi connectivity index (χ4v) is 1.69. The van der Waals surface area contributed by atoms with Crippen molar-refractivity contribution in [1.29, 1.82) is 0 Å². The summed E-state index contributed by atoms with van der Waals surface area (Å²) in [6, 6.07) is 3.98. The third-order valence-electron chi connectivity index (χ3n) is 2.82. The van der Waals surface area contributed by atoms with Crippen LogP contribution in [0.4, 0.5) is 5.69 Å². The van der Waals surface area contributed by atoms with Gasteiger partial charge in [-0.1, -0.05) is 19.8 Å². The zero-order valence-electron chi connectivity index (χ0n) is 12.3. The van der Waals surface area contributed by atoms with E-state index in [-0.39, 0.29) is 24.0 Å². The molecule has 0 saturated heterocycles. The predicted octanol–water partition coefficient (Wildman–Crippen LogP) is 2.29. The highest BCUT2D eigenvalue weighted by atomic mass is 16.6. The molecular weight excluding hydrogens is 276 g/mol. The van der Waals surface area contributed by atoms with Gasteiger partial charge in [-0.2, -0.15) is 0 Å². The van der Waals surface area contributed by atoms with Gasteiger partial charge in [0.1, 0.15) is 0 Å². The van der Waals surface area contributed by atoms with Gasteiger partial charge in [0.25, 0.3) is 11.6 Å². The van der Waals surface area contributed by atoms with Crippen LogP contribution < -0.4 is 14.8 Å². The van der Waals surface area contributed by atoms with E-state index in [0.717, 1.165) is 19.3 Å². The summed E-state index contributed by atoms with van der Waals surface area (Å²) in [4.78, 5) is 21.7. The molecule has 1 N–H and O–H groups in total. The number of hydrogen-bond acceptors (Lipinski definition) is 5. The lowest BCUT2D eigenvalue weighted by Gasteiger charge is -2.10. The first-order valence-corrected chi connectivity index (χ1v) is 6.80. The summed E-state index contributed by atoms with van der Waals surface area (Å²) >= 11 is 0. The SMILES string of the molecule is CCCCCNC(=O)COc1ccc([N+](=O)[O-])cc1OC. The summed E-state index contributed by atoms with van der Waals surface area (Å²) in [5, 5.41) is 13.4. The second kappa shape index (κ2) is 8.78. The fraction of sp³-hybridized carbons (Fsp3) is 0.500. The maximum atomic E-state index is 11.6. The Kier molecular flexibility index (Phi) is 7.00. The van der Waals surface area contributed by atoms with Crippen molar-refractivity contribution in [2.24, 2.45) is 0 Å². The molecule has 0 fully saturated rings. The van der Waals surface area contributed by atoms with Crippen LogP contribution in [0.1, 0.15) is 26.2 Å². The van der Waals surface area contributed by atoms with Crippen LogP contribution in [-0.4, -0.2) is 31.1 Å². The summed E-state index contributed by atoms with van der Waals surface area (Å²) in [5.41, 5.74) is -0.0942. The molecule has 0 unspecified atom stereocenters. The molecule has 1 aromatic rings. The number of methoxy groups -OCH3 is 1. The van der Waals surface area contributed by atoms with E-state index in [1.165, 1.54) is 25.3 Å². The van der Waals surface area contributed by atoms with Crippen LogP contribution in [0.2, 0.25) is 0 Å². The molecule has 0 aromatic heterocycles. The predicted molar refractivity (Wildman–Crippen MR) is 77.7 cm³/mol. The molecule has 0 radical (unpaired) electrons. The minimum atomic E-state index is -0.521. The van der Waals surface area contributed by atoms with Crippen LogP contribution in [0.15, 0.2) is 18.2 Å². The Bertz CT molecular complexity index is 490. The third kappa shape index (κ3) is 5.68. The van der Waals surface area contributed by atoms with Crippen molar-refractivity contribution in [2.75, 3.05) is 20.3 Å². The average Bonchev–Trinajstić information content (AvgIpc) is 2.49. The lowest BCUT2D eigenvalue weighted by Crippen LogP contribution is -2.29. The molecular formula is C14H20N2O5. The van der Waals surface area contributed by atoms with Gasteiger partial charge >= 0.3 is 0 Å². The van der Waals surface area contributed by atoms with Crippen molar-refractivity contribution in [3.05, 3.63) is 28.3 Å². The summed E-state index contributed by atoms with van der Waals surface area (Å²) in [6.07, 6.45) is 3.09. The van der Waals surface area contributed by atoms with Crippen molar-refractivity contribution in [1.82, 2.24) is 5.32 Å². The molecule has 7 heteroatoms. The Morgan fingerprint density at radius 1 is 1.33 bits per heavy atom. The molecule has 0 spiro atoms. The van der Waals surface area contributed by atoms with Gasteiger partial charge in [0, 0.05) is 12.6 Å². The lowest BCUT2D eigenvalue weighted by molar-refractivity contribution is -0.384. The third-order valence-corrected chi connectivity index (χ3v) is 2.82. The van der Waals surface area contributed by atoms with Gasteiger partial charge in [-0.15, -0.1) is 0 Å². The molecule has 1 rings (SSSR count). The molecule has 0 aliphatic rings. The molecule has 0 saturated carbocycles. The average molecular weight is 296 g/mol. The number of ether oxygens (including phenoxy) is 2. The van der Waals surface area contributed by atoms with Gasteiger partial charge in [-0.25, -0.2) is 0 Å². The van der Waals surface area contributed by atoms with E-state index in [9.17, 15) is 14.9 Å². The highest BCUT2D eigenvalue weighted by Gasteiger charge is 2.13. The summed E-state index contributed by atoms with van der Waals surface area (Å²) in [6.45, 7) is 2.56. The highest BCUT2D eigenvalue weighted by molar-refractivity contribution is 5.77. The second-order valence-electron chi connectivity index (χ2n) is 4.44. The molecule has 0 bridgehead atoms. The Morgan fingerprint density at radius 3 is 2.71 bits per heavy atom. The van der Waals surface area contributed by atoms with Crippen LogP contribution in [0.3, 0.4) is 0 Å². The number of carbonyl (C=O) groups is 1. The van der Waals surface area contributed by atoms with Gasteiger partial charge < -0.3 is 14.8 Å². The van der Waals surface area contributed by atoms with Gasteiger partial charge in [0.15, 0.2) is 18.1 Å². The first kappa shape index (κ1) is 16.7. The number of nitrogens with zero attached hydrogens (tertiary/aromatic N) is 1. The van der Waals surface area contributed by atoms with E-state index in [4.69, 9.17) is 9.47 Å². The Hall–Kier alpha value is -2.31. The lowest BCUT2D eigenvalue weighted by atomic mass is 10.2. The highest BCUT2D eigenvalue weighted by Crippen LogP contribution is 2.30. The van der Waals surface area contributed by atoms with Crippen LogP contribution in [0, 0.1) is 10.1 Å². The van der Waals surface area contributed by atoms with Gasteiger partial charge in [0.05, 0.1) is 18.1 Å². The smallest absolute Gasteiger partial charge is 0.273 e. The zero-order chi connectivity index (χ0) is 15.7. The second-order valence-corrected chi connectivity index (χ2v) is 4.44. The number of unbranched alkanes of at least 4 members (excludes halogenated alkanes) is 2. The first-order chi connectivity index (χ1) is 10.1. The summed E-state index contributed by atoms with van der Waals surface area (Å²) < 4.78 is 10.3. The molecule has 1 aromatic carbocycles. The van der Waals surface area contributed by atoms with Gasteiger partial charge in [0.2, 0.25) is 0 Å². The standard InChI is InChI=1S/C14H20N2O5/c1-3-4-5-8-15-14(17)10-21-12-7-6-11(16(18)19)9-13(12)20-2/h6-7,9H,3-5,8,10H2,1-2H3,(H,15,17). The van der Waals surface area contributed by atoms with E-state index in [1.54, 1.807) is 0 Å². The number of nitro groups is 1. The molecule has 1 amide bonds. The topological polar surface area (TPSA) is 90.7 Å². The van der Waals surface area contributed by atoms with Crippen LogP contribution in [0.25, 0.3) is 0 Å². The minimum Gasteiger partial charge on any atom is -0.493 e. The molecule has 0 atom stereocenters.